The van der Waals surface area contributed by atoms with Crippen LogP contribution in [0.4, 0.5) is 4.79 Å². The Labute approximate surface area is 147 Å². The predicted octanol–water partition coefficient (Wildman–Crippen LogP) is 2.23. The molecule has 0 spiro atoms. The van der Waals surface area contributed by atoms with E-state index in [4.69, 9.17) is 4.74 Å². The van der Waals surface area contributed by atoms with Crippen LogP contribution in [0.1, 0.15) is 45.2 Å². The van der Waals surface area contributed by atoms with E-state index in [1.165, 1.54) is 0 Å². The molecular formula is C18H26N2O5. The number of benzene rings is 1. The van der Waals surface area contributed by atoms with Crippen LogP contribution in [0.2, 0.25) is 0 Å². The predicted molar refractivity (Wildman–Crippen MR) is 93.1 cm³/mol. The van der Waals surface area contributed by atoms with Crippen molar-refractivity contribution in [3.8, 4) is 0 Å². The number of alkyl carbamates (subject to hydrolysis) is 1. The largest absolute Gasteiger partial charge is 0.480 e. The summed E-state index contributed by atoms with van der Waals surface area (Å²) in [5.41, 5.74) is 1.09. The zero-order chi connectivity index (χ0) is 19.0. The Kier molecular flexibility index (Phi) is 7.42. The number of hydrogen-bond donors (Lipinski definition) is 3. The summed E-state index contributed by atoms with van der Waals surface area (Å²) in [7, 11) is 0. The fourth-order valence-corrected chi connectivity index (χ4v) is 2.01. The molecule has 0 aromatic heterocycles. The van der Waals surface area contributed by atoms with Crippen molar-refractivity contribution in [2.45, 2.75) is 58.7 Å². The highest BCUT2D eigenvalue weighted by atomic mass is 16.6. The second-order valence-corrected chi connectivity index (χ2v) is 6.69. The number of carbonyl (C=O) groups is 3. The summed E-state index contributed by atoms with van der Waals surface area (Å²) < 4.78 is 5.15. The van der Waals surface area contributed by atoms with Gasteiger partial charge in [0.25, 0.3) is 0 Å². The molecule has 3 N–H and O–H groups in total. The topological polar surface area (TPSA) is 105 Å². The van der Waals surface area contributed by atoms with Gasteiger partial charge in [-0.2, -0.15) is 0 Å². The Balaban J connectivity index is 2.59. The highest BCUT2D eigenvalue weighted by Crippen LogP contribution is 2.09. The molecule has 0 radical (unpaired) electrons. The molecule has 2 amide bonds. The van der Waals surface area contributed by atoms with E-state index in [1.54, 1.807) is 52.0 Å². The van der Waals surface area contributed by atoms with Crippen LogP contribution in [0.3, 0.4) is 0 Å². The maximum Gasteiger partial charge on any atom is 0.407 e. The Morgan fingerprint density at radius 3 is 2.16 bits per heavy atom. The molecule has 25 heavy (non-hydrogen) atoms. The number of amides is 2. The minimum atomic E-state index is -1.07. The summed E-state index contributed by atoms with van der Waals surface area (Å²) in [6.07, 6.45) is -0.0651. The van der Waals surface area contributed by atoms with Gasteiger partial charge in [0.1, 0.15) is 11.6 Å². The van der Waals surface area contributed by atoms with Gasteiger partial charge in [0.15, 0.2) is 0 Å². The first-order valence-corrected chi connectivity index (χ1v) is 8.17. The third-order valence-electron chi connectivity index (χ3n) is 3.25. The molecule has 0 fully saturated rings. The summed E-state index contributed by atoms with van der Waals surface area (Å²) >= 11 is 0. The molecule has 1 atom stereocenters. The Morgan fingerprint density at radius 2 is 1.68 bits per heavy atom. The van der Waals surface area contributed by atoms with Crippen molar-refractivity contribution in [2.75, 3.05) is 0 Å². The van der Waals surface area contributed by atoms with Crippen molar-refractivity contribution in [1.29, 1.82) is 0 Å². The smallest absolute Gasteiger partial charge is 0.407 e. The van der Waals surface area contributed by atoms with Crippen LogP contribution in [-0.4, -0.2) is 34.7 Å². The Morgan fingerprint density at radius 1 is 1.12 bits per heavy atom. The lowest BCUT2D eigenvalue weighted by atomic mass is 10.0. The lowest BCUT2D eigenvalue weighted by molar-refractivity contribution is -0.141. The standard InChI is InChI=1S/C18H26N2O5/c1-5-15(21)20-14(16(22)23)10-12-6-8-13(9-7-12)11-19-17(24)25-18(2,3)4/h6-9,14H,5,10-11H2,1-4H3,(H,19,24)(H,20,21)(H,22,23)/t14-/m1/s1. The van der Waals surface area contributed by atoms with Crippen LogP contribution in [0, 0.1) is 0 Å². The van der Waals surface area contributed by atoms with E-state index in [0.717, 1.165) is 11.1 Å². The highest BCUT2D eigenvalue weighted by Gasteiger charge is 2.19. The summed E-state index contributed by atoms with van der Waals surface area (Å²) in [6, 6.07) is 6.19. The number of rotatable bonds is 7. The molecular weight excluding hydrogens is 324 g/mol. The Hall–Kier alpha value is -2.57. The van der Waals surface area contributed by atoms with Gasteiger partial charge in [-0.1, -0.05) is 31.2 Å². The van der Waals surface area contributed by atoms with E-state index in [2.05, 4.69) is 10.6 Å². The zero-order valence-corrected chi connectivity index (χ0v) is 15.1. The molecule has 0 bridgehead atoms. The van der Waals surface area contributed by atoms with Gasteiger partial charge in [-0.15, -0.1) is 0 Å². The van der Waals surface area contributed by atoms with E-state index in [1.807, 2.05) is 0 Å². The van der Waals surface area contributed by atoms with Crippen molar-refractivity contribution < 1.29 is 24.2 Å². The molecule has 0 heterocycles. The average molecular weight is 350 g/mol. The van der Waals surface area contributed by atoms with Crippen LogP contribution in [0.25, 0.3) is 0 Å². The summed E-state index contributed by atoms with van der Waals surface area (Å²) in [4.78, 5) is 34.2. The third-order valence-corrected chi connectivity index (χ3v) is 3.25. The van der Waals surface area contributed by atoms with Crippen LogP contribution >= 0.6 is 0 Å². The van der Waals surface area contributed by atoms with E-state index in [0.29, 0.717) is 6.54 Å². The fraction of sp³-hybridized carbons (Fsp3) is 0.500. The summed E-state index contributed by atoms with van der Waals surface area (Å²) in [5, 5.41) is 14.3. The number of ether oxygens (including phenoxy) is 1. The van der Waals surface area contributed by atoms with E-state index < -0.39 is 23.7 Å². The van der Waals surface area contributed by atoms with Gasteiger partial charge in [0.2, 0.25) is 5.91 Å². The number of carboxylic acid groups (broad SMARTS) is 1. The molecule has 0 unspecified atom stereocenters. The molecule has 0 aliphatic heterocycles. The first kappa shape index (κ1) is 20.5. The number of carbonyl (C=O) groups excluding carboxylic acids is 2. The van der Waals surface area contributed by atoms with Crippen LogP contribution in [0.15, 0.2) is 24.3 Å². The number of carboxylic acids is 1. The minimum Gasteiger partial charge on any atom is -0.480 e. The van der Waals surface area contributed by atoms with Gasteiger partial charge < -0.3 is 20.5 Å². The number of hydrogen-bond acceptors (Lipinski definition) is 4. The van der Waals surface area contributed by atoms with Gasteiger partial charge in [-0.3, -0.25) is 4.79 Å². The van der Waals surface area contributed by atoms with Gasteiger partial charge in [-0.05, 0) is 31.9 Å². The van der Waals surface area contributed by atoms with Crippen LogP contribution in [0.5, 0.6) is 0 Å². The first-order valence-electron chi connectivity index (χ1n) is 8.17. The maximum absolute atomic E-state index is 11.6. The van der Waals surface area contributed by atoms with Crippen molar-refractivity contribution in [3.05, 3.63) is 35.4 Å². The second kappa shape index (κ2) is 9.05. The molecule has 0 aliphatic rings. The SMILES string of the molecule is CCC(=O)N[C@H](Cc1ccc(CNC(=O)OC(C)(C)C)cc1)C(=O)O. The molecule has 7 heteroatoms. The molecule has 0 aliphatic carbocycles. The van der Waals surface area contributed by atoms with Crippen molar-refractivity contribution in [2.24, 2.45) is 0 Å². The normalized spacial score (nSPS) is 12.2. The molecule has 0 saturated heterocycles. The Bertz CT molecular complexity index is 605. The summed E-state index contributed by atoms with van der Waals surface area (Å²) in [6.45, 7) is 7.34. The number of nitrogens with one attached hydrogen (secondary N) is 2. The second-order valence-electron chi connectivity index (χ2n) is 6.69. The first-order chi connectivity index (χ1) is 11.6. The van der Waals surface area contributed by atoms with Gasteiger partial charge in [0, 0.05) is 19.4 Å². The van der Waals surface area contributed by atoms with Crippen molar-refractivity contribution >= 4 is 18.0 Å². The summed E-state index contributed by atoms with van der Waals surface area (Å²) in [5.74, 6) is -1.37. The minimum absolute atomic E-state index is 0.195. The highest BCUT2D eigenvalue weighted by molar-refractivity contribution is 5.83. The van der Waals surface area contributed by atoms with Gasteiger partial charge >= 0.3 is 12.1 Å². The molecule has 138 valence electrons. The van der Waals surface area contributed by atoms with Crippen molar-refractivity contribution in [3.63, 3.8) is 0 Å². The molecule has 1 aromatic rings. The quantitative estimate of drug-likeness (QED) is 0.699. The van der Waals surface area contributed by atoms with E-state index in [9.17, 15) is 19.5 Å². The monoisotopic (exact) mass is 350 g/mol. The lowest BCUT2D eigenvalue weighted by Crippen LogP contribution is -2.42. The zero-order valence-electron chi connectivity index (χ0n) is 15.1. The molecule has 1 aromatic carbocycles. The fourth-order valence-electron chi connectivity index (χ4n) is 2.01. The van der Waals surface area contributed by atoms with Gasteiger partial charge in [-0.25, -0.2) is 9.59 Å². The molecule has 1 rings (SSSR count). The van der Waals surface area contributed by atoms with E-state index >= 15 is 0 Å². The number of aliphatic carboxylic acids is 1. The van der Waals surface area contributed by atoms with Crippen molar-refractivity contribution in [1.82, 2.24) is 10.6 Å². The third kappa shape index (κ3) is 8.19. The lowest BCUT2D eigenvalue weighted by Gasteiger charge is -2.19. The average Bonchev–Trinajstić information content (AvgIpc) is 2.51. The van der Waals surface area contributed by atoms with Gasteiger partial charge in [0.05, 0.1) is 0 Å². The van der Waals surface area contributed by atoms with Crippen LogP contribution < -0.4 is 10.6 Å². The molecule has 7 nitrogen and oxygen atoms in total. The van der Waals surface area contributed by atoms with Crippen LogP contribution in [-0.2, 0) is 27.3 Å². The maximum atomic E-state index is 11.6. The van der Waals surface area contributed by atoms with E-state index in [-0.39, 0.29) is 18.7 Å². The molecule has 0 saturated carbocycles.